The Kier molecular flexibility index (Phi) is 3.59. The highest BCUT2D eigenvalue weighted by molar-refractivity contribution is 6.31. The van der Waals surface area contributed by atoms with Crippen LogP contribution in [0.2, 0.25) is 5.02 Å². The number of benzene rings is 2. The van der Waals surface area contributed by atoms with E-state index in [0.717, 1.165) is 18.2 Å². The summed E-state index contributed by atoms with van der Waals surface area (Å²) in [6, 6.07) is 5.99. The van der Waals surface area contributed by atoms with Crippen LogP contribution in [0.5, 0.6) is 0 Å². The van der Waals surface area contributed by atoms with Gasteiger partial charge >= 0.3 is 0 Å². The number of hydrogen-bond acceptors (Lipinski definition) is 1. The first kappa shape index (κ1) is 12.9. The summed E-state index contributed by atoms with van der Waals surface area (Å²) in [6.07, 6.45) is 0. The van der Waals surface area contributed by atoms with Gasteiger partial charge in [0, 0.05) is 16.1 Å². The number of halogens is 4. The Balaban J connectivity index is 2.58. The summed E-state index contributed by atoms with van der Waals surface area (Å²) in [5, 5.41) is 0.0325. The first-order valence-electron chi connectivity index (χ1n) is 5.15. The molecule has 0 spiro atoms. The van der Waals surface area contributed by atoms with Crippen molar-refractivity contribution in [3.8, 4) is 0 Å². The first-order valence-corrected chi connectivity index (χ1v) is 5.53. The average Bonchev–Trinajstić information content (AvgIpc) is 2.28. The maximum absolute atomic E-state index is 13.6. The maximum atomic E-state index is 13.6. The van der Waals surface area contributed by atoms with Crippen molar-refractivity contribution in [2.24, 2.45) is 5.73 Å². The van der Waals surface area contributed by atoms with Crippen molar-refractivity contribution in [2.45, 2.75) is 6.04 Å². The van der Waals surface area contributed by atoms with Crippen molar-refractivity contribution >= 4 is 11.6 Å². The van der Waals surface area contributed by atoms with E-state index in [-0.39, 0.29) is 10.6 Å². The van der Waals surface area contributed by atoms with E-state index in [9.17, 15) is 13.2 Å². The topological polar surface area (TPSA) is 26.0 Å². The fourth-order valence-electron chi connectivity index (χ4n) is 1.76. The lowest BCUT2D eigenvalue weighted by Crippen LogP contribution is -2.17. The summed E-state index contributed by atoms with van der Waals surface area (Å²) in [4.78, 5) is 0. The van der Waals surface area contributed by atoms with Gasteiger partial charge in [-0.3, -0.25) is 0 Å². The zero-order chi connectivity index (χ0) is 13.3. The second kappa shape index (κ2) is 5.00. The Morgan fingerprint density at radius 3 is 1.78 bits per heavy atom. The van der Waals surface area contributed by atoms with Gasteiger partial charge in [0.1, 0.15) is 17.5 Å². The van der Waals surface area contributed by atoms with Gasteiger partial charge < -0.3 is 5.73 Å². The van der Waals surface area contributed by atoms with Gasteiger partial charge in [-0.2, -0.15) is 0 Å². The van der Waals surface area contributed by atoms with E-state index >= 15 is 0 Å². The van der Waals surface area contributed by atoms with Gasteiger partial charge in [0.05, 0.1) is 6.04 Å². The summed E-state index contributed by atoms with van der Waals surface area (Å²) >= 11 is 5.81. The largest absolute Gasteiger partial charge is 0.320 e. The normalized spacial score (nSPS) is 12.5. The molecule has 0 saturated heterocycles. The minimum Gasteiger partial charge on any atom is -0.320 e. The van der Waals surface area contributed by atoms with Crippen molar-refractivity contribution in [3.63, 3.8) is 0 Å². The molecule has 0 saturated carbocycles. The summed E-state index contributed by atoms with van der Waals surface area (Å²) in [5.74, 6) is -2.36. The molecule has 94 valence electrons. The quantitative estimate of drug-likeness (QED) is 0.883. The van der Waals surface area contributed by atoms with Gasteiger partial charge in [0.2, 0.25) is 0 Å². The minimum atomic E-state index is -1.29. The maximum Gasteiger partial charge on any atom is 0.131 e. The van der Waals surface area contributed by atoms with E-state index in [1.54, 1.807) is 0 Å². The third-order valence-electron chi connectivity index (χ3n) is 2.62. The molecule has 0 aromatic heterocycles. The fraction of sp³-hybridized carbons (Fsp3) is 0.0769. The van der Waals surface area contributed by atoms with E-state index in [0.29, 0.717) is 0 Å². The lowest BCUT2D eigenvalue weighted by Gasteiger charge is -2.16. The summed E-state index contributed by atoms with van der Waals surface area (Å²) in [5.41, 5.74) is 5.19. The molecule has 1 nitrogen and oxygen atoms in total. The highest BCUT2D eigenvalue weighted by Gasteiger charge is 2.22. The summed E-state index contributed by atoms with van der Waals surface area (Å²) in [7, 11) is 0. The Hall–Kier alpha value is -1.52. The van der Waals surface area contributed by atoms with Gasteiger partial charge in [0.15, 0.2) is 0 Å². The summed E-state index contributed by atoms with van der Waals surface area (Å²) in [6.45, 7) is 0. The van der Waals surface area contributed by atoms with Gasteiger partial charge in [-0.1, -0.05) is 23.7 Å². The van der Waals surface area contributed by atoms with Crippen molar-refractivity contribution in [1.29, 1.82) is 0 Å². The third kappa shape index (κ3) is 2.21. The van der Waals surface area contributed by atoms with Gasteiger partial charge in [-0.25, -0.2) is 13.2 Å². The van der Waals surface area contributed by atoms with Crippen molar-refractivity contribution in [1.82, 2.24) is 0 Å². The van der Waals surface area contributed by atoms with E-state index in [4.69, 9.17) is 17.3 Å². The Morgan fingerprint density at radius 1 is 0.833 bits per heavy atom. The SMILES string of the molecule is NC(c1c(F)cccc1F)c1c(F)cccc1Cl. The van der Waals surface area contributed by atoms with Crippen LogP contribution >= 0.6 is 11.6 Å². The minimum absolute atomic E-state index is 0.0325. The smallest absolute Gasteiger partial charge is 0.131 e. The standard InChI is InChI=1S/C13H9ClF3N/c14-7-3-1-4-8(15)11(7)13(18)12-9(16)5-2-6-10(12)17/h1-6,13H,18H2. The van der Waals surface area contributed by atoms with Crippen LogP contribution in [0.1, 0.15) is 17.2 Å². The Morgan fingerprint density at radius 2 is 1.28 bits per heavy atom. The highest BCUT2D eigenvalue weighted by Crippen LogP contribution is 2.31. The van der Waals surface area contributed by atoms with E-state index in [1.807, 2.05) is 0 Å². The third-order valence-corrected chi connectivity index (χ3v) is 2.95. The van der Waals surface area contributed by atoms with Crippen LogP contribution < -0.4 is 5.73 Å². The molecular weight excluding hydrogens is 263 g/mol. The molecule has 1 atom stereocenters. The van der Waals surface area contributed by atoms with Gasteiger partial charge in [-0.05, 0) is 24.3 Å². The molecule has 1 unspecified atom stereocenters. The lowest BCUT2D eigenvalue weighted by molar-refractivity contribution is 0.533. The van der Waals surface area contributed by atoms with Crippen LogP contribution in [0, 0.1) is 17.5 Å². The predicted molar refractivity (Wildman–Crippen MR) is 63.8 cm³/mol. The molecule has 5 heteroatoms. The van der Waals surface area contributed by atoms with Crippen LogP contribution in [0.15, 0.2) is 36.4 Å². The molecule has 0 aliphatic rings. The molecule has 0 amide bonds. The molecule has 18 heavy (non-hydrogen) atoms. The molecule has 0 fully saturated rings. The van der Waals surface area contributed by atoms with Crippen LogP contribution in [0.3, 0.4) is 0 Å². The fourth-order valence-corrected chi connectivity index (χ4v) is 2.04. The van der Waals surface area contributed by atoms with E-state index in [2.05, 4.69) is 0 Å². The number of hydrogen-bond donors (Lipinski definition) is 1. The zero-order valence-electron chi connectivity index (χ0n) is 9.13. The van der Waals surface area contributed by atoms with Crippen LogP contribution in [-0.2, 0) is 0 Å². The molecule has 0 radical (unpaired) electrons. The zero-order valence-corrected chi connectivity index (χ0v) is 9.89. The van der Waals surface area contributed by atoms with Gasteiger partial charge in [-0.15, -0.1) is 0 Å². The molecule has 2 rings (SSSR count). The lowest BCUT2D eigenvalue weighted by atomic mass is 9.98. The van der Waals surface area contributed by atoms with Crippen LogP contribution in [0.4, 0.5) is 13.2 Å². The van der Waals surface area contributed by atoms with Crippen LogP contribution in [-0.4, -0.2) is 0 Å². The number of nitrogens with two attached hydrogens (primary N) is 1. The highest BCUT2D eigenvalue weighted by atomic mass is 35.5. The van der Waals surface area contributed by atoms with E-state index < -0.39 is 29.1 Å². The van der Waals surface area contributed by atoms with Crippen molar-refractivity contribution in [2.75, 3.05) is 0 Å². The molecule has 2 aromatic rings. The monoisotopic (exact) mass is 271 g/mol. The molecule has 0 aliphatic carbocycles. The number of rotatable bonds is 2. The molecule has 0 heterocycles. The predicted octanol–water partition coefficient (Wildman–Crippen LogP) is 3.81. The second-order valence-corrected chi connectivity index (χ2v) is 4.16. The Bertz CT molecular complexity index is 494. The Labute approximate surface area is 107 Å². The molecule has 2 N–H and O–H groups in total. The molecule has 0 bridgehead atoms. The second-order valence-electron chi connectivity index (χ2n) is 3.75. The summed E-state index contributed by atoms with van der Waals surface area (Å²) < 4.78 is 40.8. The van der Waals surface area contributed by atoms with Crippen molar-refractivity contribution < 1.29 is 13.2 Å². The van der Waals surface area contributed by atoms with Gasteiger partial charge in [0.25, 0.3) is 0 Å². The first-order chi connectivity index (χ1) is 8.52. The molecular formula is C13H9ClF3N. The molecule has 2 aromatic carbocycles. The van der Waals surface area contributed by atoms with E-state index in [1.165, 1.54) is 18.2 Å². The van der Waals surface area contributed by atoms with Crippen LogP contribution in [0.25, 0.3) is 0 Å². The van der Waals surface area contributed by atoms with Crippen molar-refractivity contribution in [3.05, 3.63) is 70.0 Å². The average molecular weight is 272 g/mol. The molecule has 0 aliphatic heterocycles.